The third kappa shape index (κ3) is 5.79. The number of nitrogens with zero attached hydrogens (tertiary/aromatic N) is 1. The van der Waals surface area contributed by atoms with E-state index >= 15 is 0 Å². The van der Waals surface area contributed by atoms with Crippen molar-refractivity contribution in [3.63, 3.8) is 0 Å². The fourth-order valence-electron chi connectivity index (χ4n) is 3.36. The molecule has 0 bridgehead atoms. The average molecular weight is 383 g/mol. The number of hydrogen-bond donors (Lipinski definition) is 1. The van der Waals surface area contributed by atoms with Gasteiger partial charge in [0.2, 0.25) is 15.9 Å². The Morgan fingerprint density at radius 2 is 1.81 bits per heavy atom. The lowest BCUT2D eigenvalue weighted by atomic mass is 9.94. The highest BCUT2D eigenvalue weighted by Crippen LogP contribution is 2.27. The molecule has 2 atom stereocenters. The lowest BCUT2D eigenvalue weighted by Crippen LogP contribution is -2.42. The Kier molecular flexibility index (Phi) is 7.61. The summed E-state index contributed by atoms with van der Waals surface area (Å²) < 4.78 is 32.5. The molecule has 1 aliphatic heterocycles. The summed E-state index contributed by atoms with van der Waals surface area (Å²) in [6.45, 7) is 8.42. The molecule has 26 heavy (non-hydrogen) atoms. The van der Waals surface area contributed by atoms with Crippen LogP contribution in [0.15, 0.2) is 29.2 Å². The van der Waals surface area contributed by atoms with Gasteiger partial charge >= 0.3 is 0 Å². The molecule has 1 aliphatic rings. The zero-order valence-electron chi connectivity index (χ0n) is 15.9. The number of ether oxygens (including phenoxy) is 1. The maximum Gasteiger partial charge on any atom is 0.243 e. The molecule has 0 radical (unpaired) electrons. The largest absolute Gasteiger partial charge is 0.382 e. The third-order valence-corrected chi connectivity index (χ3v) is 6.35. The normalized spacial score (nSPS) is 21.5. The van der Waals surface area contributed by atoms with Crippen LogP contribution in [-0.4, -0.2) is 44.9 Å². The van der Waals surface area contributed by atoms with Gasteiger partial charge in [-0.05, 0) is 55.9 Å². The maximum absolute atomic E-state index is 12.8. The van der Waals surface area contributed by atoms with Crippen molar-refractivity contribution >= 4 is 21.6 Å². The fourth-order valence-corrected chi connectivity index (χ4v) is 5.04. The molecule has 1 amide bonds. The summed E-state index contributed by atoms with van der Waals surface area (Å²) in [6.07, 6.45) is 2.10. The Balaban J connectivity index is 1.96. The molecule has 2 rings (SSSR count). The van der Waals surface area contributed by atoms with Crippen molar-refractivity contribution in [3.05, 3.63) is 24.3 Å². The minimum absolute atomic E-state index is 0.0982. The molecule has 1 saturated heterocycles. The van der Waals surface area contributed by atoms with Crippen LogP contribution < -0.4 is 5.32 Å². The molecule has 1 fully saturated rings. The molecular formula is C19H30N2O4S. The second kappa shape index (κ2) is 9.48. The fraction of sp³-hybridized carbons (Fsp3) is 0.632. The van der Waals surface area contributed by atoms with E-state index in [4.69, 9.17) is 4.74 Å². The Morgan fingerprint density at radius 1 is 1.19 bits per heavy atom. The van der Waals surface area contributed by atoms with Gasteiger partial charge in [0, 0.05) is 38.4 Å². The molecule has 0 aliphatic carbocycles. The van der Waals surface area contributed by atoms with Crippen LogP contribution in [0.5, 0.6) is 0 Å². The number of anilines is 1. The van der Waals surface area contributed by atoms with Gasteiger partial charge in [0.15, 0.2) is 0 Å². The van der Waals surface area contributed by atoms with E-state index in [1.54, 1.807) is 28.6 Å². The number of sulfonamides is 1. The minimum atomic E-state index is -3.49. The first kappa shape index (κ1) is 20.9. The van der Waals surface area contributed by atoms with E-state index < -0.39 is 10.0 Å². The number of hydrogen-bond acceptors (Lipinski definition) is 4. The highest BCUT2D eigenvalue weighted by Gasteiger charge is 2.31. The molecule has 0 spiro atoms. The minimum Gasteiger partial charge on any atom is -0.382 e. The van der Waals surface area contributed by atoms with Crippen LogP contribution in [0.3, 0.4) is 0 Å². The lowest BCUT2D eigenvalue weighted by molar-refractivity contribution is -0.116. The van der Waals surface area contributed by atoms with Crippen molar-refractivity contribution in [1.82, 2.24) is 4.31 Å². The number of carbonyl (C=O) groups is 1. The van der Waals surface area contributed by atoms with E-state index in [9.17, 15) is 13.2 Å². The number of nitrogens with one attached hydrogen (secondary N) is 1. The number of benzene rings is 1. The van der Waals surface area contributed by atoms with E-state index in [-0.39, 0.29) is 10.8 Å². The van der Waals surface area contributed by atoms with Gasteiger partial charge in [0.05, 0.1) is 4.90 Å². The topological polar surface area (TPSA) is 75.7 Å². The highest BCUT2D eigenvalue weighted by molar-refractivity contribution is 7.89. The molecule has 146 valence electrons. The summed E-state index contributed by atoms with van der Waals surface area (Å²) in [5, 5.41) is 2.79. The zero-order valence-corrected chi connectivity index (χ0v) is 16.7. The van der Waals surface area contributed by atoms with Crippen LogP contribution >= 0.6 is 0 Å². The molecular weight excluding hydrogens is 352 g/mol. The van der Waals surface area contributed by atoms with Crippen molar-refractivity contribution in [2.45, 2.75) is 44.9 Å². The molecule has 1 aromatic rings. The summed E-state index contributed by atoms with van der Waals surface area (Å²) in [5.41, 5.74) is 0.603. The van der Waals surface area contributed by atoms with Gasteiger partial charge in [0.25, 0.3) is 0 Å². The van der Waals surface area contributed by atoms with Gasteiger partial charge in [0.1, 0.15) is 0 Å². The van der Waals surface area contributed by atoms with Gasteiger partial charge in [-0.1, -0.05) is 13.8 Å². The van der Waals surface area contributed by atoms with E-state index in [1.807, 2.05) is 6.92 Å². The second-order valence-electron chi connectivity index (χ2n) is 7.14. The predicted molar refractivity (Wildman–Crippen MR) is 103 cm³/mol. The van der Waals surface area contributed by atoms with E-state index in [1.165, 1.54) is 0 Å². The standard InChI is InChI=1S/C19H30N2O4S/c1-4-25-11-5-6-19(22)20-17-7-9-18(10-8-17)26(23,24)21-13-15(2)12-16(3)14-21/h7-10,15-16H,4-6,11-14H2,1-3H3,(H,20,22)/t15-,16+. The monoisotopic (exact) mass is 382 g/mol. The van der Waals surface area contributed by atoms with Crippen molar-refractivity contribution < 1.29 is 17.9 Å². The van der Waals surface area contributed by atoms with Crippen molar-refractivity contribution in [2.24, 2.45) is 11.8 Å². The Bertz CT molecular complexity index is 678. The van der Waals surface area contributed by atoms with Gasteiger partial charge in [-0.15, -0.1) is 0 Å². The van der Waals surface area contributed by atoms with Gasteiger partial charge in [-0.2, -0.15) is 4.31 Å². The van der Waals surface area contributed by atoms with Crippen LogP contribution in [0.25, 0.3) is 0 Å². The number of amides is 1. The summed E-state index contributed by atoms with van der Waals surface area (Å²) in [7, 11) is -3.49. The second-order valence-corrected chi connectivity index (χ2v) is 9.08. The summed E-state index contributed by atoms with van der Waals surface area (Å²) >= 11 is 0. The number of piperidine rings is 1. The van der Waals surface area contributed by atoms with Crippen LogP contribution in [0.1, 0.15) is 40.0 Å². The van der Waals surface area contributed by atoms with E-state index in [0.717, 1.165) is 6.42 Å². The van der Waals surface area contributed by atoms with Crippen molar-refractivity contribution in [2.75, 3.05) is 31.6 Å². The zero-order chi connectivity index (χ0) is 19.2. The SMILES string of the molecule is CCOCCCC(=O)Nc1ccc(S(=O)(=O)N2C[C@H](C)C[C@H](C)C2)cc1. The quantitative estimate of drug-likeness (QED) is 0.701. The van der Waals surface area contributed by atoms with Crippen LogP contribution in [-0.2, 0) is 19.6 Å². The Hall–Kier alpha value is -1.44. The van der Waals surface area contributed by atoms with Crippen LogP contribution in [0.2, 0.25) is 0 Å². The third-order valence-electron chi connectivity index (χ3n) is 4.51. The number of carbonyl (C=O) groups excluding carboxylic acids is 1. The first-order valence-corrected chi connectivity index (χ1v) is 10.7. The molecule has 0 aromatic heterocycles. The summed E-state index contributed by atoms with van der Waals surface area (Å²) in [5.74, 6) is 0.631. The predicted octanol–water partition coefficient (Wildman–Crippen LogP) is 3.11. The first-order valence-electron chi connectivity index (χ1n) is 9.30. The molecule has 1 heterocycles. The first-order chi connectivity index (χ1) is 12.3. The number of rotatable bonds is 8. The van der Waals surface area contributed by atoms with Gasteiger partial charge in [-0.3, -0.25) is 4.79 Å². The molecule has 1 aromatic carbocycles. The maximum atomic E-state index is 12.8. The van der Waals surface area contributed by atoms with E-state index in [0.29, 0.717) is 56.7 Å². The Labute approximate surface area is 157 Å². The smallest absolute Gasteiger partial charge is 0.243 e. The van der Waals surface area contributed by atoms with E-state index in [2.05, 4.69) is 19.2 Å². The molecule has 7 heteroatoms. The average Bonchev–Trinajstić information content (AvgIpc) is 2.58. The Morgan fingerprint density at radius 3 is 2.38 bits per heavy atom. The lowest BCUT2D eigenvalue weighted by Gasteiger charge is -2.34. The molecule has 6 nitrogen and oxygen atoms in total. The van der Waals surface area contributed by atoms with Crippen molar-refractivity contribution in [1.29, 1.82) is 0 Å². The highest BCUT2D eigenvalue weighted by atomic mass is 32.2. The molecule has 0 saturated carbocycles. The van der Waals surface area contributed by atoms with Gasteiger partial charge < -0.3 is 10.1 Å². The molecule has 1 N–H and O–H groups in total. The van der Waals surface area contributed by atoms with Gasteiger partial charge in [-0.25, -0.2) is 8.42 Å². The van der Waals surface area contributed by atoms with Crippen molar-refractivity contribution in [3.8, 4) is 0 Å². The molecule has 0 unspecified atom stereocenters. The van der Waals surface area contributed by atoms with Crippen LogP contribution in [0, 0.1) is 11.8 Å². The summed E-state index contributed by atoms with van der Waals surface area (Å²) in [6, 6.07) is 6.42. The summed E-state index contributed by atoms with van der Waals surface area (Å²) in [4.78, 5) is 12.2. The van der Waals surface area contributed by atoms with Crippen LogP contribution in [0.4, 0.5) is 5.69 Å².